The molecule has 0 aromatic heterocycles. The Morgan fingerprint density at radius 1 is 0.933 bits per heavy atom. The molecule has 0 N–H and O–H groups in total. The van der Waals surface area contributed by atoms with Crippen LogP contribution in [0, 0.1) is 0 Å². The lowest BCUT2D eigenvalue weighted by Gasteiger charge is -1.99. The fourth-order valence-corrected chi connectivity index (χ4v) is 2.53. The van der Waals surface area contributed by atoms with Gasteiger partial charge in [0.2, 0.25) is 0 Å². The van der Waals surface area contributed by atoms with E-state index < -0.39 is 0 Å². The Hall–Kier alpha value is -1.46. The van der Waals surface area contributed by atoms with Gasteiger partial charge in [-0.15, -0.1) is 0 Å². The summed E-state index contributed by atoms with van der Waals surface area (Å²) in [4.78, 5) is 0. The maximum absolute atomic E-state index is 10.8. The average Bonchev–Trinajstić information content (AvgIpc) is 2.66. The summed E-state index contributed by atoms with van der Waals surface area (Å²) in [7, 11) is 0.107. The predicted octanol–water partition coefficient (Wildman–Crippen LogP) is 3.17. The summed E-state index contributed by atoms with van der Waals surface area (Å²) < 4.78 is 10.8. The van der Waals surface area contributed by atoms with Gasteiger partial charge in [0, 0.05) is 5.30 Å². The van der Waals surface area contributed by atoms with Crippen LogP contribution < -0.4 is 5.30 Å². The summed E-state index contributed by atoms with van der Waals surface area (Å²) in [5.41, 5.74) is 5.27. The molecule has 1 aliphatic carbocycles. The van der Waals surface area contributed by atoms with Gasteiger partial charge in [0.15, 0.2) is 8.46 Å². The van der Waals surface area contributed by atoms with Crippen LogP contribution in [-0.4, -0.2) is 0 Å². The van der Waals surface area contributed by atoms with Crippen molar-refractivity contribution in [2.45, 2.75) is 6.42 Å². The first-order valence-corrected chi connectivity index (χ1v) is 5.74. The van der Waals surface area contributed by atoms with Crippen LogP contribution in [0.15, 0.2) is 42.5 Å². The van der Waals surface area contributed by atoms with E-state index in [1.807, 2.05) is 12.1 Å². The molecule has 2 aromatic carbocycles. The first-order chi connectivity index (χ1) is 7.38. The minimum Gasteiger partial charge on any atom is -0.269 e. The molecule has 0 fully saturated rings. The number of hydrogen-bond acceptors (Lipinski definition) is 1. The molecule has 2 aromatic rings. The highest BCUT2D eigenvalue weighted by atomic mass is 31.1. The third-order valence-corrected chi connectivity index (χ3v) is 3.37. The number of benzene rings is 2. The van der Waals surface area contributed by atoms with Crippen molar-refractivity contribution < 1.29 is 4.57 Å². The SMILES string of the molecule is O=Pc1ccc2c(c1)Cc1ccccc1-2. The van der Waals surface area contributed by atoms with Crippen LogP contribution in [-0.2, 0) is 11.0 Å². The smallest absolute Gasteiger partial charge is 0.192 e. The van der Waals surface area contributed by atoms with Gasteiger partial charge >= 0.3 is 0 Å². The molecule has 3 rings (SSSR count). The van der Waals surface area contributed by atoms with Gasteiger partial charge in [-0.05, 0) is 40.8 Å². The zero-order valence-electron chi connectivity index (χ0n) is 8.10. The summed E-state index contributed by atoms with van der Waals surface area (Å²) in [5.74, 6) is 0. The van der Waals surface area contributed by atoms with Crippen molar-refractivity contribution in [1.29, 1.82) is 0 Å². The lowest BCUT2D eigenvalue weighted by atomic mass is 10.1. The van der Waals surface area contributed by atoms with E-state index in [1.54, 1.807) is 0 Å². The summed E-state index contributed by atoms with van der Waals surface area (Å²) in [6, 6.07) is 14.5. The first kappa shape index (κ1) is 8.82. The van der Waals surface area contributed by atoms with E-state index in [0.29, 0.717) is 0 Å². The molecule has 0 heterocycles. The Labute approximate surface area is 90.0 Å². The molecule has 0 unspecified atom stereocenters. The van der Waals surface area contributed by atoms with E-state index in [0.717, 1.165) is 11.7 Å². The third kappa shape index (κ3) is 1.32. The van der Waals surface area contributed by atoms with Crippen molar-refractivity contribution in [2.24, 2.45) is 0 Å². The number of rotatable bonds is 1. The lowest BCUT2D eigenvalue weighted by molar-refractivity contribution is 0.603. The predicted molar refractivity (Wildman–Crippen MR) is 61.9 cm³/mol. The van der Waals surface area contributed by atoms with Gasteiger partial charge in [-0.1, -0.05) is 30.3 Å². The Morgan fingerprint density at radius 2 is 1.73 bits per heavy atom. The summed E-state index contributed by atoms with van der Waals surface area (Å²) >= 11 is 0. The first-order valence-electron chi connectivity index (χ1n) is 4.93. The second-order valence-electron chi connectivity index (χ2n) is 3.77. The highest BCUT2D eigenvalue weighted by Crippen LogP contribution is 2.35. The highest BCUT2D eigenvalue weighted by molar-refractivity contribution is 7.34. The van der Waals surface area contributed by atoms with Gasteiger partial charge in [0.1, 0.15) is 0 Å². The zero-order chi connectivity index (χ0) is 10.3. The van der Waals surface area contributed by atoms with Crippen LogP contribution in [0.2, 0.25) is 0 Å². The fraction of sp³-hybridized carbons (Fsp3) is 0.0769. The second-order valence-corrected chi connectivity index (χ2v) is 4.47. The minimum absolute atomic E-state index is 0.107. The van der Waals surface area contributed by atoms with E-state index >= 15 is 0 Å². The van der Waals surface area contributed by atoms with Crippen molar-refractivity contribution in [1.82, 2.24) is 0 Å². The Morgan fingerprint density at radius 3 is 2.60 bits per heavy atom. The third-order valence-electron chi connectivity index (χ3n) is 2.88. The van der Waals surface area contributed by atoms with Crippen LogP contribution in [0.3, 0.4) is 0 Å². The average molecular weight is 212 g/mol. The molecule has 0 saturated carbocycles. The Balaban J connectivity index is 2.22. The van der Waals surface area contributed by atoms with Crippen molar-refractivity contribution in [3.63, 3.8) is 0 Å². The van der Waals surface area contributed by atoms with Crippen LogP contribution in [0.5, 0.6) is 0 Å². The minimum atomic E-state index is 0.107. The fourth-order valence-electron chi connectivity index (χ4n) is 2.19. The molecular formula is C13H9OP. The van der Waals surface area contributed by atoms with Gasteiger partial charge in [-0.2, -0.15) is 0 Å². The van der Waals surface area contributed by atoms with E-state index in [9.17, 15) is 4.57 Å². The Kier molecular flexibility index (Phi) is 1.93. The van der Waals surface area contributed by atoms with Crippen LogP contribution in [0.1, 0.15) is 11.1 Å². The van der Waals surface area contributed by atoms with Crippen molar-refractivity contribution >= 4 is 13.8 Å². The Bertz CT molecular complexity index is 546. The number of fused-ring (bicyclic) bond motifs is 3. The van der Waals surface area contributed by atoms with Crippen molar-refractivity contribution in [3.05, 3.63) is 53.6 Å². The largest absolute Gasteiger partial charge is 0.269 e. The van der Waals surface area contributed by atoms with Crippen LogP contribution >= 0.6 is 8.46 Å². The molecule has 1 aliphatic rings. The normalized spacial score (nSPS) is 12.5. The lowest BCUT2D eigenvalue weighted by Crippen LogP contribution is -1.92. The molecule has 0 spiro atoms. The van der Waals surface area contributed by atoms with Crippen molar-refractivity contribution in [2.75, 3.05) is 0 Å². The molecule has 1 nitrogen and oxygen atoms in total. The quantitative estimate of drug-likeness (QED) is 0.566. The molecule has 0 amide bonds. The van der Waals surface area contributed by atoms with E-state index in [2.05, 4.69) is 30.3 Å². The summed E-state index contributed by atoms with van der Waals surface area (Å²) in [6.07, 6.45) is 0.967. The molecule has 15 heavy (non-hydrogen) atoms. The van der Waals surface area contributed by atoms with Crippen LogP contribution in [0.4, 0.5) is 0 Å². The van der Waals surface area contributed by atoms with Gasteiger partial charge in [0.05, 0.1) is 0 Å². The van der Waals surface area contributed by atoms with E-state index in [1.165, 1.54) is 22.3 Å². The van der Waals surface area contributed by atoms with E-state index in [4.69, 9.17) is 0 Å². The summed E-state index contributed by atoms with van der Waals surface area (Å²) in [6.45, 7) is 0. The monoisotopic (exact) mass is 212 g/mol. The molecule has 0 saturated heterocycles. The standard InChI is InChI=1S/C13H9OP/c14-15-11-5-6-13-10(8-11)7-9-3-1-2-4-12(9)13/h1-6,8H,7H2. The maximum Gasteiger partial charge on any atom is 0.192 e. The molecular weight excluding hydrogens is 203 g/mol. The molecule has 72 valence electrons. The molecule has 0 bridgehead atoms. The molecule has 0 aliphatic heterocycles. The van der Waals surface area contributed by atoms with Gasteiger partial charge in [0.25, 0.3) is 0 Å². The van der Waals surface area contributed by atoms with Crippen molar-refractivity contribution in [3.8, 4) is 11.1 Å². The molecule has 0 radical (unpaired) electrons. The van der Waals surface area contributed by atoms with Gasteiger partial charge in [-0.25, -0.2) is 0 Å². The van der Waals surface area contributed by atoms with Gasteiger partial charge < -0.3 is 0 Å². The second kappa shape index (κ2) is 3.29. The zero-order valence-corrected chi connectivity index (χ0v) is 9.00. The van der Waals surface area contributed by atoms with Gasteiger partial charge in [-0.3, -0.25) is 4.57 Å². The highest BCUT2D eigenvalue weighted by Gasteiger charge is 2.17. The maximum atomic E-state index is 10.8. The topological polar surface area (TPSA) is 17.1 Å². The van der Waals surface area contributed by atoms with E-state index in [-0.39, 0.29) is 8.46 Å². The van der Waals surface area contributed by atoms with Crippen LogP contribution in [0.25, 0.3) is 11.1 Å². The summed E-state index contributed by atoms with van der Waals surface area (Å²) in [5, 5.41) is 0.863. The molecule has 2 heteroatoms. The number of hydrogen-bond donors (Lipinski definition) is 0. The molecule has 0 atom stereocenters.